The number of nitrogens with two attached hydrogens (primary N) is 1. The number of nitrogen functional groups attached to an aromatic ring is 1. The lowest BCUT2D eigenvalue weighted by Gasteiger charge is -2.04. The van der Waals surface area contributed by atoms with Gasteiger partial charge in [0.25, 0.3) is 0 Å². The van der Waals surface area contributed by atoms with E-state index in [0.717, 1.165) is 30.9 Å². The van der Waals surface area contributed by atoms with Crippen LogP contribution in [0.4, 0.5) is 0 Å². The summed E-state index contributed by atoms with van der Waals surface area (Å²) in [5.41, 5.74) is 8.29. The van der Waals surface area contributed by atoms with Crippen LogP contribution < -0.4 is 10.5 Å². The van der Waals surface area contributed by atoms with Crippen molar-refractivity contribution in [3.8, 4) is 33.3 Å². The van der Waals surface area contributed by atoms with E-state index < -0.39 is 0 Å². The van der Waals surface area contributed by atoms with E-state index in [-0.39, 0.29) is 11.6 Å². The minimum Gasteiger partial charge on any atom is -0.504 e. The number of amidine groups is 1. The van der Waals surface area contributed by atoms with Crippen molar-refractivity contribution in [2.24, 2.45) is 5.73 Å². The Labute approximate surface area is 151 Å². The molecule has 2 aromatic heterocycles. The van der Waals surface area contributed by atoms with Crippen LogP contribution in [0.1, 0.15) is 4.88 Å². The summed E-state index contributed by atoms with van der Waals surface area (Å²) in [7, 11) is 1.52. The maximum Gasteiger partial charge on any atom is 0.161 e. The largest absolute Gasteiger partial charge is 0.504 e. The molecule has 0 atom stereocenters. The van der Waals surface area contributed by atoms with Crippen molar-refractivity contribution < 1.29 is 9.84 Å². The first-order chi connectivity index (χ1) is 11.5. The molecule has 8 heteroatoms. The number of aromatic hydroxyl groups is 1. The maximum absolute atomic E-state index is 9.71. The third kappa shape index (κ3) is 3.12. The zero-order chi connectivity index (χ0) is 17.3. The molecule has 0 radical (unpaired) electrons. The number of thiazole rings is 1. The molecule has 0 saturated carbocycles. The summed E-state index contributed by atoms with van der Waals surface area (Å²) < 4.78 is 6.24. The fourth-order valence-corrected chi connectivity index (χ4v) is 4.89. The molecule has 0 bridgehead atoms. The van der Waals surface area contributed by atoms with Crippen LogP contribution in [0, 0.1) is 5.41 Å². The number of nitrogens with zero attached hydrogens (tertiary/aromatic N) is 1. The number of thioether (sulfide) groups is 1. The molecule has 3 rings (SSSR count). The first-order valence-corrected chi connectivity index (χ1v) is 9.81. The van der Waals surface area contributed by atoms with Gasteiger partial charge in [0.15, 0.2) is 11.5 Å². The van der Waals surface area contributed by atoms with E-state index in [0.29, 0.717) is 5.75 Å². The summed E-state index contributed by atoms with van der Waals surface area (Å²) in [5, 5.41) is 20.2. The zero-order valence-corrected chi connectivity index (χ0v) is 15.4. The van der Waals surface area contributed by atoms with Gasteiger partial charge in [0.2, 0.25) is 0 Å². The lowest BCUT2D eigenvalue weighted by atomic mass is 10.1. The summed E-state index contributed by atoms with van der Waals surface area (Å²) >= 11 is 4.66. The number of hydrogen-bond acceptors (Lipinski definition) is 7. The molecule has 0 aliphatic heterocycles. The monoisotopic (exact) mass is 377 g/mol. The first-order valence-electron chi connectivity index (χ1n) is 6.89. The van der Waals surface area contributed by atoms with Crippen molar-refractivity contribution in [3.05, 3.63) is 34.5 Å². The highest BCUT2D eigenvalue weighted by atomic mass is 32.2. The van der Waals surface area contributed by atoms with Crippen LogP contribution >= 0.6 is 34.4 Å². The number of thiophene rings is 1. The zero-order valence-electron chi connectivity index (χ0n) is 13.0. The summed E-state index contributed by atoms with van der Waals surface area (Å²) in [5.74, 6) is 0.591. The topological polar surface area (TPSA) is 92.2 Å². The van der Waals surface area contributed by atoms with Crippen molar-refractivity contribution >= 4 is 40.3 Å². The minimum atomic E-state index is 0.0709. The molecule has 0 saturated heterocycles. The summed E-state index contributed by atoms with van der Waals surface area (Å²) in [4.78, 5) is 5.45. The fourth-order valence-electron chi connectivity index (χ4n) is 2.17. The van der Waals surface area contributed by atoms with Gasteiger partial charge in [0.1, 0.15) is 10.8 Å². The predicted molar refractivity (Wildman–Crippen MR) is 102 cm³/mol. The number of nitrogens with one attached hydrogen (secondary N) is 1. The second kappa shape index (κ2) is 6.84. The Bertz CT molecular complexity index is 902. The first kappa shape index (κ1) is 16.8. The molecule has 3 aromatic rings. The van der Waals surface area contributed by atoms with Crippen molar-refractivity contribution in [2.75, 3.05) is 13.4 Å². The van der Waals surface area contributed by atoms with Crippen LogP contribution in [0.2, 0.25) is 0 Å². The van der Waals surface area contributed by atoms with E-state index in [1.165, 1.54) is 29.8 Å². The van der Waals surface area contributed by atoms with Crippen LogP contribution in [0.15, 0.2) is 33.9 Å². The highest BCUT2D eigenvalue weighted by Crippen LogP contribution is 2.40. The second-order valence-corrected chi connectivity index (χ2v) is 7.84. The van der Waals surface area contributed by atoms with E-state index >= 15 is 0 Å². The van der Waals surface area contributed by atoms with Gasteiger partial charge in [-0.25, -0.2) is 4.98 Å². The molecule has 2 heterocycles. The predicted octanol–water partition coefficient (Wildman–Crippen LogP) is 4.26. The molecular weight excluding hydrogens is 362 g/mol. The fraction of sp³-hybridized carbons (Fsp3) is 0.125. The van der Waals surface area contributed by atoms with Gasteiger partial charge in [-0.3, -0.25) is 5.41 Å². The standard InChI is InChI=1S/C16H15N3O2S3/c1-21-12-5-8(3-4-11(12)20)10-7-23-15(19-10)9-6-13(14(17)18)24-16(9)22-2/h3-7,20H,1-2H3,(H3,17,18). The van der Waals surface area contributed by atoms with E-state index in [1.807, 2.05) is 17.7 Å². The van der Waals surface area contributed by atoms with Gasteiger partial charge < -0.3 is 15.6 Å². The molecule has 24 heavy (non-hydrogen) atoms. The van der Waals surface area contributed by atoms with Gasteiger partial charge >= 0.3 is 0 Å². The van der Waals surface area contributed by atoms with Gasteiger partial charge in [-0.1, -0.05) is 0 Å². The van der Waals surface area contributed by atoms with Gasteiger partial charge in [-0.2, -0.15) is 0 Å². The minimum absolute atomic E-state index is 0.0709. The van der Waals surface area contributed by atoms with E-state index in [2.05, 4.69) is 0 Å². The van der Waals surface area contributed by atoms with Crippen LogP contribution in [-0.2, 0) is 0 Å². The van der Waals surface area contributed by atoms with Gasteiger partial charge in [0.05, 0.1) is 21.9 Å². The quantitative estimate of drug-likeness (QED) is 0.351. The molecule has 0 unspecified atom stereocenters. The van der Waals surface area contributed by atoms with E-state index in [1.54, 1.807) is 30.0 Å². The molecule has 1 aromatic carbocycles. The molecule has 0 amide bonds. The summed E-state index contributed by atoms with van der Waals surface area (Å²) in [6, 6.07) is 7.08. The van der Waals surface area contributed by atoms with Crippen molar-refractivity contribution in [3.63, 3.8) is 0 Å². The van der Waals surface area contributed by atoms with Crippen molar-refractivity contribution in [2.45, 2.75) is 4.21 Å². The normalized spacial score (nSPS) is 10.8. The second-order valence-electron chi connectivity index (χ2n) is 4.85. The molecule has 0 aliphatic carbocycles. The Kier molecular flexibility index (Phi) is 4.79. The summed E-state index contributed by atoms with van der Waals surface area (Å²) in [6.45, 7) is 0. The van der Waals surface area contributed by atoms with E-state index in [9.17, 15) is 5.11 Å². The SMILES string of the molecule is COc1cc(-c2csc(-c3cc(C(=N)N)sc3SC)n2)ccc1O. The number of phenolic OH excluding ortho intramolecular Hbond substituents is 1. The molecule has 5 nitrogen and oxygen atoms in total. The third-order valence-corrected chi connectivity index (χ3v) is 6.54. The Morgan fingerprint density at radius 2 is 2.17 bits per heavy atom. The average Bonchev–Trinajstić information content (AvgIpc) is 3.21. The Balaban J connectivity index is 2.01. The smallest absolute Gasteiger partial charge is 0.161 e. The molecule has 0 aliphatic rings. The van der Waals surface area contributed by atoms with E-state index in [4.69, 9.17) is 20.9 Å². The number of ether oxygens (including phenoxy) is 1. The molecule has 0 spiro atoms. The van der Waals surface area contributed by atoms with Crippen LogP contribution in [0.25, 0.3) is 21.8 Å². The molecule has 0 fully saturated rings. The molecular formula is C16H15N3O2S3. The molecule has 4 N–H and O–H groups in total. The van der Waals surface area contributed by atoms with Gasteiger partial charge in [-0.05, 0) is 30.5 Å². The van der Waals surface area contributed by atoms with Crippen LogP contribution in [-0.4, -0.2) is 29.3 Å². The summed E-state index contributed by atoms with van der Waals surface area (Å²) in [6.07, 6.45) is 2.00. The number of rotatable bonds is 5. The third-order valence-electron chi connectivity index (χ3n) is 3.36. The number of benzene rings is 1. The van der Waals surface area contributed by atoms with Crippen LogP contribution in [0.3, 0.4) is 0 Å². The lowest BCUT2D eigenvalue weighted by Crippen LogP contribution is -2.08. The van der Waals surface area contributed by atoms with Gasteiger partial charge in [-0.15, -0.1) is 34.4 Å². The lowest BCUT2D eigenvalue weighted by molar-refractivity contribution is 0.373. The number of methoxy groups -OCH3 is 1. The van der Waals surface area contributed by atoms with Crippen LogP contribution in [0.5, 0.6) is 11.5 Å². The number of phenols is 1. The number of hydrogen-bond donors (Lipinski definition) is 3. The van der Waals surface area contributed by atoms with Gasteiger partial charge in [0, 0.05) is 16.5 Å². The van der Waals surface area contributed by atoms with Crippen molar-refractivity contribution in [1.29, 1.82) is 5.41 Å². The Hall–Kier alpha value is -2.03. The Morgan fingerprint density at radius 1 is 1.38 bits per heavy atom. The average molecular weight is 378 g/mol. The molecule has 124 valence electrons. The highest BCUT2D eigenvalue weighted by molar-refractivity contribution is 8.00. The maximum atomic E-state index is 9.71. The van der Waals surface area contributed by atoms with Crippen molar-refractivity contribution in [1.82, 2.24) is 4.98 Å². The Morgan fingerprint density at radius 3 is 2.83 bits per heavy atom. The highest BCUT2D eigenvalue weighted by Gasteiger charge is 2.16. The number of aromatic nitrogens is 1.